The van der Waals surface area contributed by atoms with Crippen LogP contribution in [0.15, 0.2) is 70.9 Å². The summed E-state index contributed by atoms with van der Waals surface area (Å²) in [7, 11) is -3.60. The summed E-state index contributed by atoms with van der Waals surface area (Å²) < 4.78 is 36.8. The molecule has 3 aromatic rings. The van der Waals surface area contributed by atoms with Gasteiger partial charge in [0.05, 0.1) is 22.7 Å². The molecule has 0 aliphatic carbocycles. The van der Waals surface area contributed by atoms with E-state index >= 15 is 0 Å². The highest BCUT2D eigenvalue weighted by atomic mass is 32.2. The topological polar surface area (TPSA) is 89.9 Å². The fraction of sp³-hybridized carbons (Fsp3) is 0.261. The molecule has 1 aliphatic heterocycles. The lowest BCUT2D eigenvalue weighted by molar-refractivity contribution is -0.146. The molecule has 2 heterocycles. The van der Waals surface area contributed by atoms with Crippen molar-refractivity contribution in [3.05, 3.63) is 66.0 Å². The number of aliphatic carboxylic acids is 1. The Balaban J connectivity index is 1.39. The van der Waals surface area contributed by atoms with Gasteiger partial charge < -0.3 is 14.6 Å². The predicted molar refractivity (Wildman–Crippen MR) is 118 cm³/mol. The molecule has 8 heteroatoms. The van der Waals surface area contributed by atoms with Crippen molar-refractivity contribution >= 4 is 27.1 Å². The van der Waals surface area contributed by atoms with Crippen LogP contribution in [-0.2, 0) is 19.4 Å². The molecule has 6 nitrogen and oxygen atoms in total. The minimum Gasteiger partial charge on any atom is -0.481 e. The second-order valence-electron chi connectivity index (χ2n) is 7.41. The number of sulfone groups is 1. The Morgan fingerprint density at radius 3 is 2.35 bits per heavy atom. The molecular formula is C23H22O6S2. The molecule has 4 rings (SSSR count). The summed E-state index contributed by atoms with van der Waals surface area (Å²) >= 11 is 1.67. The van der Waals surface area contributed by atoms with Crippen LogP contribution in [-0.4, -0.2) is 38.0 Å². The number of hydrogen-bond acceptors (Lipinski definition) is 6. The van der Waals surface area contributed by atoms with Crippen molar-refractivity contribution in [2.45, 2.75) is 23.8 Å². The molecule has 0 bridgehead atoms. The van der Waals surface area contributed by atoms with Gasteiger partial charge in [-0.3, -0.25) is 4.79 Å². The van der Waals surface area contributed by atoms with Gasteiger partial charge in [-0.15, -0.1) is 11.3 Å². The van der Waals surface area contributed by atoms with Gasteiger partial charge in [0.1, 0.15) is 11.5 Å². The molecule has 31 heavy (non-hydrogen) atoms. The van der Waals surface area contributed by atoms with Crippen molar-refractivity contribution in [3.8, 4) is 21.9 Å². The lowest BCUT2D eigenvalue weighted by Gasteiger charge is -2.27. The monoisotopic (exact) mass is 458 g/mol. The molecule has 1 aromatic heterocycles. The Morgan fingerprint density at radius 1 is 1.06 bits per heavy atom. The summed E-state index contributed by atoms with van der Waals surface area (Å²) in [5.74, 6) is -0.512. The maximum atomic E-state index is 12.7. The molecule has 1 N–H and O–H groups in total. The second kappa shape index (κ2) is 9.21. The van der Waals surface area contributed by atoms with E-state index in [0.29, 0.717) is 17.9 Å². The fourth-order valence-corrected chi connectivity index (χ4v) is 5.74. The summed E-state index contributed by atoms with van der Waals surface area (Å²) in [5.41, 5.74) is 1.11. The number of hydrogen-bond donors (Lipinski definition) is 1. The van der Waals surface area contributed by atoms with Crippen molar-refractivity contribution in [2.24, 2.45) is 5.92 Å². The summed E-state index contributed by atoms with van der Waals surface area (Å²) in [6.07, 6.45) is 0.00123. The molecule has 162 valence electrons. The molecule has 0 spiro atoms. The van der Waals surface area contributed by atoms with Crippen molar-refractivity contribution in [3.63, 3.8) is 0 Å². The molecule has 0 saturated carbocycles. The molecule has 1 fully saturated rings. The number of rotatable bonds is 7. The smallest absolute Gasteiger partial charge is 0.306 e. The highest BCUT2D eigenvalue weighted by Gasteiger charge is 2.31. The first-order valence-corrected chi connectivity index (χ1v) is 12.4. The Kier molecular flexibility index (Phi) is 6.41. The van der Waals surface area contributed by atoms with E-state index in [1.165, 1.54) is 17.0 Å². The molecule has 1 saturated heterocycles. The van der Waals surface area contributed by atoms with Crippen LogP contribution in [0.5, 0.6) is 11.5 Å². The minimum absolute atomic E-state index is 0.161. The van der Waals surface area contributed by atoms with E-state index in [9.17, 15) is 13.2 Å². The lowest BCUT2D eigenvalue weighted by atomic mass is 9.97. The fourth-order valence-electron chi connectivity index (χ4n) is 3.54. The third-order valence-electron chi connectivity index (χ3n) is 5.20. The maximum absolute atomic E-state index is 12.7. The minimum atomic E-state index is -3.60. The Labute approximate surface area is 185 Å². The second-order valence-corrected chi connectivity index (χ2v) is 10.4. The highest BCUT2D eigenvalue weighted by molar-refractivity contribution is 7.91. The Hall–Kier alpha value is -2.68. The molecule has 1 aliphatic rings. The van der Waals surface area contributed by atoms with Crippen molar-refractivity contribution in [1.29, 1.82) is 0 Å². The van der Waals surface area contributed by atoms with E-state index in [2.05, 4.69) is 6.07 Å². The van der Waals surface area contributed by atoms with E-state index in [-0.39, 0.29) is 23.7 Å². The highest BCUT2D eigenvalue weighted by Crippen LogP contribution is 2.29. The molecule has 2 unspecified atom stereocenters. The zero-order valence-corrected chi connectivity index (χ0v) is 18.3. The van der Waals surface area contributed by atoms with Crippen LogP contribution in [0, 0.1) is 5.92 Å². The third-order valence-corrected chi connectivity index (χ3v) is 7.92. The number of carboxylic acids is 1. The van der Waals surface area contributed by atoms with Gasteiger partial charge in [0.2, 0.25) is 0 Å². The van der Waals surface area contributed by atoms with E-state index in [1.807, 2.05) is 35.7 Å². The first-order valence-electron chi connectivity index (χ1n) is 9.90. The Morgan fingerprint density at radius 2 is 1.74 bits per heavy atom. The number of carbonyl (C=O) groups is 1. The summed E-state index contributed by atoms with van der Waals surface area (Å²) in [6.45, 7) is 0.259. The third kappa shape index (κ3) is 5.33. The van der Waals surface area contributed by atoms with Crippen LogP contribution in [0.1, 0.15) is 12.8 Å². The van der Waals surface area contributed by atoms with Crippen LogP contribution >= 0.6 is 11.3 Å². The van der Waals surface area contributed by atoms with E-state index in [1.54, 1.807) is 23.5 Å². The van der Waals surface area contributed by atoms with Crippen LogP contribution in [0.4, 0.5) is 0 Å². The van der Waals surface area contributed by atoms with Gasteiger partial charge in [0, 0.05) is 11.5 Å². The normalized spacial score (nSPS) is 19.1. The van der Waals surface area contributed by atoms with Crippen LogP contribution in [0.25, 0.3) is 10.4 Å². The number of thiophene rings is 1. The Bertz CT molecular complexity index is 1120. The number of ether oxygens (including phenoxy) is 2. The van der Waals surface area contributed by atoms with Gasteiger partial charge in [-0.05, 0) is 78.4 Å². The quantitative estimate of drug-likeness (QED) is 0.544. The van der Waals surface area contributed by atoms with Gasteiger partial charge in [-0.1, -0.05) is 6.07 Å². The molecular weight excluding hydrogens is 436 g/mol. The number of benzene rings is 2. The van der Waals surface area contributed by atoms with Crippen molar-refractivity contribution in [1.82, 2.24) is 0 Å². The average molecular weight is 459 g/mol. The average Bonchev–Trinajstić information content (AvgIpc) is 3.29. The summed E-state index contributed by atoms with van der Waals surface area (Å²) in [5, 5.41) is 11.2. The largest absolute Gasteiger partial charge is 0.481 e. The number of carboxylic acid groups (broad SMARTS) is 1. The SMILES string of the molecule is O=C(O)C1CCOC(CS(=O)(=O)c2ccc(Oc3ccc(-c4cccs4)cc3)cc2)C1. The standard InChI is InChI=1S/C23H22O6S2/c24-23(25)17-11-12-28-20(14-17)15-31(26,27)21-9-7-19(8-10-21)29-18-5-3-16(4-6-18)22-2-1-13-30-22/h1-10,13,17,20H,11-12,14-15H2,(H,24,25). The summed E-state index contributed by atoms with van der Waals surface area (Å²) in [4.78, 5) is 12.5. The van der Waals surface area contributed by atoms with Gasteiger partial charge in [0.25, 0.3) is 0 Å². The lowest BCUT2D eigenvalue weighted by Crippen LogP contribution is -2.34. The van der Waals surface area contributed by atoms with Gasteiger partial charge in [0.15, 0.2) is 9.84 Å². The first kappa shape index (κ1) is 21.5. The van der Waals surface area contributed by atoms with E-state index in [0.717, 1.165) is 5.56 Å². The first-order chi connectivity index (χ1) is 14.9. The molecule has 2 atom stereocenters. The molecule has 0 amide bonds. The van der Waals surface area contributed by atoms with E-state index in [4.69, 9.17) is 14.6 Å². The van der Waals surface area contributed by atoms with Gasteiger partial charge >= 0.3 is 5.97 Å². The summed E-state index contributed by atoms with van der Waals surface area (Å²) in [6, 6.07) is 18.0. The van der Waals surface area contributed by atoms with Crippen molar-refractivity contribution < 1.29 is 27.8 Å². The van der Waals surface area contributed by atoms with Crippen molar-refractivity contribution in [2.75, 3.05) is 12.4 Å². The van der Waals surface area contributed by atoms with Crippen LogP contribution in [0.2, 0.25) is 0 Å². The van der Waals surface area contributed by atoms with Gasteiger partial charge in [-0.2, -0.15) is 0 Å². The van der Waals surface area contributed by atoms with Gasteiger partial charge in [-0.25, -0.2) is 8.42 Å². The maximum Gasteiger partial charge on any atom is 0.306 e. The zero-order valence-electron chi connectivity index (χ0n) is 16.6. The molecule has 0 radical (unpaired) electrons. The predicted octanol–water partition coefficient (Wildman–Crippen LogP) is 4.86. The van der Waals surface area contributed by atoms with Crippen LogP contribution in [0.3, 0.4) is 0 Å². The van der Waals surface area contributed by atoms with Crippen LogP contribution < -0.4 is 4.74 Å². The van der Waals surface area contributed by atoms with E-state index < -0.39 is 27.8 Å². The zero-order chi connectivity index (χ0) is 21.8. The molecule has 2 aromatic carbocycles.